The third-order valence-corrected chi connectivity index (χ3v) is 4.99. The van der Waals surface area contributed by atoms with E-state index in [2.05, 4.69) is 5.32 Å². The first-order valence-corrected chi connectivity index (χ1v) is 9.69. The fourth-order valence-corrected chi connectivity index (χ4v) is 3.38. The number of nitrogens with zero attached hydrogens (tertiary/aromatic N) is 2. The second kappa shape index (κ2) is 9.30. The van der Waals surface area contributed by atoms with Gasteiger partial charge in [-0.1, -0.05) is 25.1 Å². The van der Waals surface area contributed by atoms with Crippen molar-refractivity contribution in [3.8, 4) is 11.5 Å². The molecule has 1 heterocycles. The molecule has 0 aliphatic carbocycles. The van der Waals surface area contributed by atoms with Crippen LogP contribution in [0.5, 0.6) is 11.5 Å². The van der Waals surface area contributed by atoms with Gasteiger partial charge in [0, 0.05) is 30.5 Å². The van der Waals surface area contributed by atoms with Crippen LogP contribution in [-0.2, 0) is 20.8 Å². The summed E-state index contributed by atoms with van der Waals surface area (Å²) < 4.78 is 10.5. The fraction of sp³-hybridized carbons (Fsp3) is 0.318. The molecule has 0 aromatic heterocycles. The Bertz CT molecular complexity index is 960. The highest BCUT2D eigenvalue weighted by molar-refractivity contribution is 6.41. The molecule has 0 unspecified atom stereocenters. The average Bonchev–Trinajstić information content (AvgIpc) is 2.77. The molecule has 1 aliphatic heterocycles. The van der Waals surface area contributed by atoms with E-state index in [9.17, 15) is 14.4 Å². The molecule has 8 nitrogen and oxygen atoms in total. The van der Waals surface area contributed by atoms with Crippen molar-refractivity contribution < 1.29 is 23.9 Å². The van der Waals surface area contributed by atoms with Crippen molar-refractivity contribution in [2.45, 2.75) is 13.3 Å². The maximum atomic E-state index is 12.7. The highest BCUT2D eigenvalue weighted by Gasteiger charge is 2.34. The van der Waals surface area contributed by atoms with Crippen molar-refractivity contribution >= 4 is 29.1 Å². The van der Waals surface area contributed by atoms with Gasteiger partial charge in [-0.2, -0.15) is 0 Å². The number of hydrogen-bond donors (Lipinski definition) is 1. The lowest BCUT2D eigenvalue weighted by molar-refractivity contribution is -0.147. The molecule has 2 aromatic rings. The number of aryl methyl sites for hydroxylation is 1. The molecule has 3 rings (SSSR count). The third kappa shape index (κ3) is 4.37. The molecule has 0 bridgehead atoms. The lowest BCUT2D eigenvalue weighted by Gasteiger charge is -2.33. The first-order chi connectivity index (χ1) is 14.5. The van der Waals surface area contributed by atoms with Crippen molar-refractivity contribution in [3.63, 3.8) is 0 Å². The lowest BCUT2D eigenvalue weighted by Crippen LogP contribution is -2.56. The van der Waals surface area contributed by atoms with Crippen molar-refractivity contribution in [3.05, 3.63) is 48.0 Å². The van der Waals surface area contributed by atoms with Crippen LogP contribution >= 0.6 is 0 Å². The second-order valence-electron chi connectivity index (χ2n) is 6.78. The zero-order valence-electron chi connectivity index (χ0n) is 17.3. The van der Waals surface area contributed by atoms with Crippen molar-refractivity contribution in [1.82, 2.24) is 4.90 Å². The third-order valence-electron chi connectivity index (χ3n) is 4.99. The number of hydrogen-bond acceptors (Lipinski definition) is 5. The summed E-state index contributed by atoms with van der Waals surface area (Å²) in [7, 11) is 3.02. The standard InChI is InChI=1S/C22H25N3O5/c1-4-15-7-5-6-8-17(15)23-20(26)14-24-11-12-25(22(28)21(24)27)16-9-10-18(29-2)19(13-16)30-3/h5-10,13H,4,11-12,14H2,1-3H3,(H,23,26). The summed E-state index contributed by atoms with van der Waals surface area (Å²) in [5, 5.41) is 2.83. The SMILES string of the molecule is CCc1ccccc1NC(=O)CN1CCN(c2ccc(OC)c(OC)c2)C(=O)C1=O. The molecule has 8 heteroatoms. The van der Waals surface area contributed by atoms with Gasteiger partial charge in [-0.05, 0) is 30.2 Å². The van der Waals surface area contributed by atoms with Crippen LogP contribution in [0.4, 0.5) is 11.4 Å². The molecule has 1 fully saturated rings. The number of amides is 3. The smallest absolute Gasteiger partial charge is 0.316 e. The fourth-order valence-electron chi connectivity index (χ4n) is 3.38. The van der Waals surface area contributed by atoms with Gasteiger partial charge in [0.25, 0.3) is 0 Å². The van der Waals surface area contributed by atoms with Crippen LogP contribution in [0.25, 0.3) is 0 Å². The van der Waals surface area contributed by atoms with Crippen LogP contribution < -0.4 is 19.7 Å². The number of carbonyl (C=O) groups is 3. The van der Waals surface area contributed by atoms with Gasteiger partial charge in [0.15, 0.2) is 11.5 Å². The Morgan fingerprint density at radius 2 is 1.73 bits per heavy atom. The summed E-state index contributed by atoms with van der Waals surface area (Å²) in [6, 6.07) is 12.5. The maximum Gasteiger partial charge on any atom is 0.316 e. The number of benzene rings is 2. The van der Waals surface area contributed by atoms with Crippen LogP contribution in [0.3, 0.4) is 0 Å². The van der Waals surface area contributed by atoms with Crippen molar-refractivity contribution in [2.75, 3.05) is 44.1 Å². The van der Waals surface area contributed by atoms with Gasteiger partial charge in [0.1, 0.15) is 6.54 Å². The molecular weight excluding hydrogens is 386 g/mol. The van der Waals surface area contributed by atoms with Gasteiger partial charge >= 0.3 is 11.8 Å². The summed E-state index contributed by atoms with van der Waals surface area (Å²) in [6.45, 7) is 2.35. The molecule has 0 saturated carbocycles. The number of rotatable bonds is 7. The summed E-state index contributed by atoms with van der Waals surface area (Å²) in [6.07, 6.45) is 0.776. The van der Waals surface area contributed by atoms with E-state index in [1.54, 1.807) is 18.2 Å². The number of piperazine rings is 1. The van der Waals surface area contributed by atoms with E-state index >= 15 is 0 Å². The predicted molar refractivity (Wildman–Crippen MR) is 113 cm³/mol. The Labute approximate surface area is 175 Å². The first kappa shape index (κ1) is 21.2. The number of ether oxygens (including phenoxy) is 2. The molecule has 1 aliphatic rings. The molecule has 158 valence electrons. The summed E-state index contributed by atoms with van der Waals surface area (Å²) in [4.78, 5) is 40.4. The van der Waals surface area contributed by atoms with Crippen LogP contribution in [0.2, 0.25) is 0 Å². The van der Waals surface area contributed by atoms with E-state index in [-0.39, 0.29) is 25.5 Å². The van der Waals surface area contributed by atoms with Gasteiger partial charge < -0.3 is 24.6 Å². The monoisotopic (exact) mass is 411 g/mol. The molecular formula is C22H25N3O5. The van der Waals surface area contributed by atoms with Gasteiger partial charge in [0.2, 0.25) is 5.91 Å². The lowest BCUT2D eigenvalue weighted by atomic mass is 10.1. The summed E-state index contributed by atoms with van der Waals surface area (Å²) in [5.74, 6) is -0.740. The Hall–Kier alpha value is -3.55. The topological polar surface area (TPSA) is 88.2 Å². The van der Waals surface area contributed by atoms with Crippen LogP contribution in [-0.4, -0.2) is 56.5 Å². The van der Waals surface area contributed by atoms with E-state index in [0.717, 1.165) is 12.0 Å². The minimum atomic E-state index is -0.713. The van der Waals surface area contributed by atoms with E-state index in [1.165, 1.54) is 24.0 Å². The van der Waals surface area contributed by atoms with Crippen LogP contribution in [0, 0.1) is 0 Å². The van der Waals surface area contributed by atoms with Crippen LogP contribution in [0.1, 0.15) is 12.5 Å². The number of anilines is 2. The Kier molecular flexibility index (Phi) is 6.56. The van der Waals surface area contributed by atoms with Crippen molar-refractivity contribution in [1.29, 1.82) is 0 Å². The summed E-state index contributed by atoms with van der Waals surface area (Å²) in [5.41, 5.74) is 2.26. The van der Waals surface area contributed by atoms with Gasteiger partial charge in [-0.3, -0.25) is 14.4 Å². The average molecular weight is 411 g/mol. The highest BCUT2D eigenvalue weighted by atomic mass is 16.5. The maximum absolute atomic E-state index is 12.7. The molecule has 30 heavy (non-hydrogen) atoms. The highest BCUT2D eigenvalue weighted by Crippen LogP contribution is 2.32. The van der Waals surface area contributed by atoms with E-state index < -0.39 is 11.8 Å². The molecule has 3 amide bonds. The Morgan fingerprint density at radius 1 is 1.00 bits per heavy atom. The van der Waals surface area contributed by atoms with Crippen LogP contribution in [0.15, 0.2) is 42.5 Å². The number of carbonyl (C=O) groups excluding carboxylic acids is 3. The molecule has 1 saturated heterocycles. The number of nitrogens with one attached hydrogen (secondary N) is 1. The largest absolute Gasteiger partial charge is 0.493 e. The molecule has 0 atom stereocenters. The Balaban J connectivity index is 1.67. The van der Waals surface area contributed by atoms with E-state index in [4.69, 9.17) is 9.47 Å². The zero-order valence-corrected chi connectivity index (χ0v) is 17.3. The molecule has 0 radical (unpaired) electrons. The Morgan fingerprint density at radius 3 is 2.43 bits per heavy atom. The molecule has 1 N–H and O–H groups in total. The van der Waals surface area contributed by atoms with Crippen molar-refractivity contribution in [2.24, 2.45) is 0 Å². The minimum Gasteiger partial charge on any atom is -0.493 e. The zero-order chi connectivity index (χ0) is 21.7. The predicted octanol–water partition coefficient (Wildman–Crippen LogP) is 2.08. The van der Waals surface area contributed by atoms with Gasteiger partial charge in [0.05, 0.1) is 14.2 Å². The quantitative estimate of drug-likeness (QED) is 0.705. The second-order valence-corrected chi connectivity index (χ2v) is 6.78. The first-order valence-electron chi connectivity index (χ1n) is 9.69. The van der Waals surface area contributed by atoms with Gasteiger partial charge in [-0.15, -0.1) is 0 Å². The molecule has 0 spiro atoms. The normalized spacial score (nSPS) is 14.0. The minimum absolute atomic E-state index is 0.178. The van der Waals surface area contributed by atoms with E-state index in [1.807, 2.05) is 31.2 Å². The number of methoxy groups -OCH3 is 2. The summed E-state index contributed by atoms with van der Waals surface area (Å²) >= 11 is 0. The van der Waals surface area contributed by atoms with E-state index in [0.29, 0.717) is 22.9 Å². The van der Waals surface area contributed by atoms with Gasteiger partial charge in [-0.25, -0.2) is 0 Å². The number of para-hydroxylation sites is 1. The molecule has 2 aromatic carbocycles.